The molecule has 0 fully saturated rings. The fraction of sp³-hybridized carbons (Fsp3) is 0.533. The maximum atomic E-state index is 12.5. The van der Waals surface area contributed by atoms with Gasteiger partial charge in [0, 0.05) is 12.5 Å². The molecule has 0 aromatic carbocycles. The lowest BCUT2D eigenvalue weighted by Crippen LogP contribution is -2.27. The van der Waals surface area contributed by atoms with Gasteiger partial charge in [-0.3, -0.25) is 0 Å². The summed E-state index contributed by atoms with van der Waals surface area (Å²) in [5.41, 5.74) is -3.27. The summed E-state index contributed by atoms with van der Waals surface area (Å²) in [6, 6.07) is 4.63. The maximum absolute atomic E-state index is 12.5. The van der Waals surface area contributed by atoms with E-state index in [-0.39, 0.29) is 11.5 Å². The first-order chi connectivity index (χ1) is 10.5. The number of hydrogen-bond donors (Lipinski definition) is 1. The highest BCUT2D eigenvalue weighted by atomic mass is 19.4. The van der Waals surface area contributed by atoms with Gasteiger partial charge in [0.05, 0.1) is 23.8 Å². The van der Waals surface area contributed by atoms with Gasteiger partial charge in [-0.15, -0.1) is 6.58 Å². The van der Waals surface area contributed by atoms with Crippen LogP contribution in [0.25, 0.3) is 0 Å². The molecule has 1 unspecified atom stereocenters. The van der Waals surface area contributed by atoms with Crippen LogP contribution in [0.15, 0.2) is 23.2 Å². The maximum Gasteiger partial charge on any atom is 0.389 e. The van der Waals surface area contributed by atoms with E-state index in [0.717, 1.165) is 0 Å². The molecule has 1 aromatic rings. The number of allylic oxidation sites excluding steroid dienone is 1. The summed E-state index contributed by atoms with van der Waals surface area (Å²) in [5, 5.41) is 32.1. The van der Waals surface area contributed by atoms with Crippen LogP contribution in [0.1, 0.15) is 44.1 Å². The van der Waals surface area contributed by atoms with Gasteiger partial charge in [0.25, 0.3) is 0 Å². The van der Waals surface area contributed by atoms with Gasteiger partial charge in [-0.05, 0) is 20.3 Å². The Labute approximate surface area is 131 Å². The van der Waals surface area contributed by atoms with E-state index in [9.17, 15) is 28.8 Å². The minimum atomic E-state index is -4.49. The molecule has 0 spiro atoms. The van der Waals surface area contributed by atoms with Gasteiger partial charge in [0.15, 0.2) is 11.2 Å². The summed E-state index contributed by atoms with van der Waals surface area (Å²) in [4.78, 5) is 0. The summed E-state index contributed by atoms with van der Waals surface area (Å²) < 4.78 is 42.4. The molecule has 0 saturated carbocycles. The Bertz CT molecular complexity index is 631. The average Bonchev–Trinajstić information content (AvgIpc) is 2.92. The van der Waals surface area contributed by atoms with Gasteiger partial charge in [-0.1, -0.05) is 11.2 Å². The Balaban J connectivity index is 3.23. The van der Waals surface area contributed by atoms with Crippen LogP contribution in [0, 0.1) is 28.1 Å². The number of hydrogen-bond acceptors (Lipinski definition) is 5. The van der Waals surface area contributed by atoms with E-state index >= 15 is 0 Å². The Kier molecular flexibility index (Phi) is 5.24. The van der Waals surface area contributed by atoms with E-state index in [1.807, 2.05) is 0 Å². The molecule has 1 heterocycles. The van der Waals surface area contributed by atoms with Crippen LogP contribution >= 0.6 is 0 Å². The Morgan fingerprint density at radius 3 is 2.26 bits per heavy atom. The number of halogens is 3. The van der Waals surface area contributed by atoms with Crippen LogP contribution in [0.5, 0.6) is 0 Å². The minimum absolute atomic E-state index is 0.0694. The van der Waals surface area contributed by atoms with Crippen LogP contribution in [-0.4, -0.2) is 16.4 Å². The zero-order valence-electron chi connectivity index (χ0n) is 12.7. The topological polar surface area (TPSA) is 93.8 Å². The quantitative estimate of drug-likeness (QED) is 0.806. The number of nitriles is 2. The molecule has 0 amide bonds. The average molecular weight is 327 g/mol. The fourth-order valence-corrected chi connectivity index (χ4v) is 2.07. The summed E-state index contributed by atoms with van der Waals surface area (Å²) >= 11 is 0. The van der Waals surface area contributed by atoms with Gasteiger partial charge in [-0.2, -0.15) is 23.7 Å². The predicted octanol–water partition coefficient (Wildman–Crippen LogP) is 3.55. The highest BCUT2D eigenvalue weighted by Gasteiger charge is 2.44. The van der Waals surface area contributed by atoms with Crippen LogP contribution in [-0.2, 0) is 5.60 Å². The molecule has 1 rings (SSSR count). The molecule has 0 aliphatic rings. The second-order valence-electron chi connectivity index (χ2n) is 5.70. The molecule has 5 nitrogen and oxygen atoms in total. The van der Waals surface area contributed by atoms with Crippen LogP contribution < -0.4 is 0 Å². The molecule has 1 atom stereocenters. The molecule has 0 aliphatic heterocycles. The van der Waals surface area contributed by atoms with Crippen molar-refractivity contribution in [3.63, 3.8) is 0 Å². The lowest BCUT2D eigenvalue weighted by molar-refractivity contribution is -0.138. The molecular weight excluding hydrogens is 311 g/mol. The lowest BCUT2D eigenvalue weighted by atomic mass is 9.72. The van der Waals surface area contributed by atoms with E-state index in [1.165, 1.54) is 26.0 Å². The number of rotatable bonds is 6. The van der Waals surface area contributed by atoms with Crippen molar-refractivity contribution in [1.29, 1.82) is 10.5 Å². The van der Waals surface area contributed by atoms with E-state index < -0.39 is 36.0 Å². The molecule has 8 heteroatoms. The standard InChI is InChI=1S/C15H16F3N3O2/c1-4-10(11-7-12(23-21-11)13(2,3)22)14(8-19,9-20)5-6-15(16,17)18/h4,7,10,22H,1,5-6H2,2-3H3. The molecule has 0 bridgehead atoms. The molecule has 1 aromatic heterocycles. The fourth-order valence-electron chi connectivity index (χ4n) is 2.07. The smallest absolute Gasteiger partial charge is 0.382 e. The highest BCUT2D eigenvalue weighted by Crippen LogP contribution is 2.42. The van der Waals surface area contributed by atoms with Crippen LogP contribution in [0.2, 0.25) is 0 Å². The van der Waals surface area contributed by atoms with Crippen molar-refractivity contribution < 1.29 is 22.8 Å². The number of nitrogens with zero attached hydrogens (tertiary/aromatic N) is 3. The molecular formula is C15H16F3N3O2. The third-order valence-electron chi connectivity index (χ3n) is 3.42. The second-order valence-corrected chi connectivity index (χ2v) is 5.70. The third-order valence-corrected chi connectivity index (χ3v) is 3.42. The van der Waals surface area contributed by atoms with Gasteiger partial charge >= 0.3 is 6.18 Å². The largest absolute Gasteiger partial charge is 0.389 e. The van der Waals surface area contributed by atoms with Crippen molar-refractivity contribution in [2.75, 3.05) is 0 Å². The zero-order valence-corrected chi connectivity index (χ0v) is 12.7. The van der Waals surface area contributed by atoms with E-state index in [1.54, 1.807) is 12.1 Å². The first kappa shape index (κ1) is 18.7. The summed E-state index contributed by atoms with van der Waals surface area (Å²) in [6.45, 7) is 6.36. The van der Waals surface area contributed by atoms with Gasteiger partial charge in [-0.25, -0.2) is 0 Å². The van der Waals surface area contributed by atoms with E-state index in [0.29, 0.717) is 0 Å². The second kappa shape index (κ2) is 6.43. The predicted molar refractivity (Wildman–Crippen MR) is 73.6 cm³/mol. The van der Waals surface area contributed by atoms with E-state index in [4.69, 9.17) is 4.52 Å². The molecule has 23 heavy (non-hydrogen) atoms. The Morgan fingerprint density at radius 2 is 1.91 bits per heavy atom. The van der Waals surface area contributed by atoms with Crippen molar-refractivity contribution in [2.45, 2.75) is 44.4 Å². The molecule has 124 valence electrons. The SMILES string of the molecule is C=CC(c1cc(C(C)(C)O)on1)C(C#N)(C#N)CCC(F)(F)F. The van der Waals surface area contributed by atoms with Crippen molar-refractivity contribution in [2.24, 2.45) is 5.41 Å². The number of aliphatic hydroxyl groups is 1. The van der Waals surface area contributed by atoms with Crippen molar-refractivity contribution >= 4 is 0 Å². The number of aromatic nitrogens is 1. The molecule has 0 radical (unpaired) electrons. The Morgan fingerprint density at radius 1 is 1.35 bits per heavy atom. The molecule has 0 aliphatic carbocycles. The molecule has 1 N–H and O–H groups in total. The van der Waals surface area contributed by atoms with Crippen LogP contribution in [0.4, 0.5) is 13.2 Å². The van der Waals surface area contributed by atoms with Gasteiger partial charge in [0.2, 0.25) is 0 Å². The normalized spacial score (nSPS) is 13.9. The lowest BCUT2D eigenvalue weighted by Gasteiger charge is -2.25. The summed E-state index contributed by atoms with van der Waals surface area (Å²) in [6.07, 6.45) is -5.30. The van der Waals surface area contributed by atoms with Crippen molar-refractivity contribution in [1.82, 2.24) is 5.16 Å². The monoisotopic (exact) mass is 327 g/mol. The summed E-state index contributed by atoms with van der Waals surface area (Å²) in [5.74, 6) is -1.01. The minimum Gasteiger partial charge on any atom is -0.382 e. The van der Waals surface area contributed by atoms with E-state index in [2.05, 4.69) is 11.7 Å². The first-order valence-electron chi connectivity index (χ1n) is 6.70. The third kappa shape index (κ3) is 4.33. The number of alkyl halides is 3. The van der Waals surface area contributed by atoms with Crippen molar-refractivity contribution in [3.05, 3.63) is 30.2 Å². The van der Waals surface area contributed by atoms with Crippen LogP contribution in [0.3, 0.4) is 0 Å². The first-order valence-corrected chi connectivity index (χ1v) is 6.70. The Hall–Kier alpha value is -2.32. The summed E-state index contributed by atoms with van der Waals surface area (Å²) in [7, 11) is 0. The van der Waals surface area contributed by atoms with Gasteiger partial charge in [0.1, 0.15) is 5.60 Å². The zero-order chi connectivity index (χ0) is 17.9. The molecule has 0 saturated heterocycles. The highest BCUT2D eigenvalue weighted by molar-refractivity contribution is 5.31. The van der Waals surface area contributed by atoms with Gasteiger partial charge < -0.3 is 9.63 Å². The van der Waals surface area contributed by atoms with Crippen molar-refractivity contribution in [3.8, 4) is 12.1 Å².